The molecule has 0 amide bonds. The summed E-state index contributed by atoms with van der Waals surface area (Å²) >= 11 is -2.35. The Kier molecular flexibility index (Phi) is 13.8. The molecule has 0 rings (SSSR count). The Bertz CT molecular complexity index is 296. The van der Waals surface area contributed by atoms with Crippen LogP contribution in [0.15, 0.2) is 21.8 Å². The maximum absolute atomic E-state index is 9.56. The molecule has 0 saturated heterocycles. The molecule has 0 aromatic rings. The van der Waals surface area contributed by atoms with E-state index in [1.165, 1.54) is 51.8 Å². The van der Waals surface area contributed by atoms with E-state index >= 15 is 0 Å². The Hall–Kier alpha value is 0.239. The summed E-state index contributed by atoms with van der Waals surface area (Å²) in [6.07, 6.45) is 14.9. The van der Waals surface area contributed by atoms with Crippen LogP contribution in [-0.4, -0.2) is 30.1 Å². The quantitative estimate of drug-likeness (QED) is 0.269. The van der Waals surface area contributed by atoms with E-state index in [0.29, 0.717) is 5.92 Å². The average molecular weight is 415 g/mol. The van der Waals surface area contributed by atoms with E-state index in [9.17, 15) is 5.11 Å². The molecule has 0 aliphatic carbocycles. The number of aliphatic hydroxyl groups is 1. The summed E-state index contributed by atoms with van der Waals surface area (Å²) in [4.78, 5) is 0. The molecule has 130 valence electrons. The van der Waals surface area contributed by atoms with Gasteiger partial charge in [-0.25, -0.2) is 0 Å². The molecular formula is C20H40OSn. The van der Waals surface area contributed by atoms with Gasteiger partial charge in [0.15, 0.2) is 0 Å². The number of hydrogen-bond donors (Lipinski definition) is 1. The third kappa shape index (κ3) is 8.76. The minimum absolute atomic E-state index is 0.209. The van der Waals surface area contributed by atoms with Crippen LogP contribution >= 0.6 is 0 Å². The van der Waals surface area contributed by atoms with Crippen molar-refractivity contribution in [3.8, 4) is 0 Å². The Morgan fingerprint density at radius 1 is 0.909 bits per heavy atom. The number of allylic oxidation sites excluding steroid dienone is 3. The first-order chi connectivity index (χ1) is 10.6. The predicted octanol–water partition coefficient (Wildman–Crippen LogP) is 6.51. The van der Waals surface area contributed by atoms with E-state index in [1.54, 1.807) is 3.59 Å². The maximum atomic E-state index is 9.56. The van der Waals surface area contributed by atoms with Crippen molar-refractivity contribution in [2.75, 3.05) is 6.61 Å². The third-order valence-corrected chi connectivity index (χ3v) is 20.4. The summed E-state index contributed by atoms with van der Waals surface area (Å²) in [5.41, 5.74) is 0. The van der Waals surface area contributed by atoms with Crippen molar-refractivity contribution in [2.24, 2.45) is 5.92 Å². The van der Waals surface area contributed by atoms with Crippen molar-refractivity contribution in [3.63, 3.8) is 0 Å². The van der Waals surface area contributed by atoms with Gasteiger partial charge in [0.05, 0.1) is 0 Å². The van der Waals surface area contributed by atoms with Gasteiger partial charge in [-0.15, -0.1) is 0 Å². The molecule has 0 atom stereocenters. The number of rotatable bonds is 13. The first kappa shape index (κ1) is 22.2. The molecule has 0 heterocycles. The van der Waals surface area contributed by atoms with Crippen LogP contribution < -0.4 is 0 Å². The Balaban J connectivity index is 5.50. The van der Waals surface area contributed by atoms with Crippen molar-refractivity contribution in [2.45, 2.75) is 86.5 Å². The number of hydrogen-bond acceptors (Lipinski definition) is 1. The molecule has 0 radical (unpaired) electrons. The molecule has 0 bridgehead atoms. The summed E-state index contributed by atoms with van der Waals surface area (Å²) in [6.45, 7) is 11.6. The van der Waals surface area contributed by atoms with E-state index in [0.717, 1.165) is 0 Å². The van der Waals surface area contributed by atoms with Gasteiger partial charge in [0.25, 0.3) is 0 Å². The van der Waals surface area contributed by atoms with Gasteiger partial charge in [-0.1, -0.05) is 0 Å². The molecule has 0 spiro atoms. The summed E-state index contributed by atoms with van der Waals surface area (Å²) in [5.74, 6) is 0.592. The first-order valence-corrected chi connectivity index (χ1v) is 17.0. The van der Waals surface area contributed by atoms with Crippen molar-refractivity contribution >= 4 is 18.4 Å². The fraction of sp³-hybridized carbons (Fsp3) is 0.800. The van der Waals surface area contributed by atoms with Crippen LogP contribution in [0.1, 0.15) is 73.1 Å². The van der Waals surface area contributed by atoms with Gasteiger partial charge in [-0.2, -0.15) is 0 Å². The topological polar surface area (TPSA) is 20.2 Å². The van der Waals surface area contributed by atoms with Gasteiger partial charge in [0.1, 0.15) is 0 Å². The molecule has 22 heavy (non-hydrogen) atoms. The van der Waals surface area contributed by atoms with Gasteiger partial charge in [-0.05, 0) is 0 Å². The zero-order chi connectivity index (χ0) is 16.8. The normalized spacial score (nSPS) is 13.5. The SMILES string of the molecule is CCC[CH2][Sn]([CH2]CCC)([CH2]CCC)[C](/C=C\C(C)C)=C/CO. The monoisotopic (exact) mass is 416 g/mol. The summed E-state index contributed by atoms with van der Waals surface area (Å²) < 4.78 is 6.01. The van der Waals surface area contributed by atoms with E-state index in [2.05, 4.69) is 52.8 Å². The van der Waals surface area contributed by atoms with E-state index in [-0.39, 0.29) is 6.61 Å². The second-order valence-electron chi connectivity index (χ2n) is 7.04. The Morgan fingerprint density at radius 2 is 1.36 bits per heavy atom. The molecule has 0 saturated carbocycles. The molecule has 0 fully saturated rings. The summed E-state index contributed by atoms with van der Waals surface area (Å²) in [7, 11) is 0. The third-order valence-electron chi connectivity index (χ3n) is 4.61. The predicted molar refractivity (Wildman–Crippen MR) is 104 cm³/mol. The van der Waals surface area contributed by atoms with Gasteiger partial charge < -0.3 is 0 Å². The average Bonchev–Trinajstić information content (AvgIpc) is 2.51. The van der Waals surface area contributed by atoms with E-state index in [1.807, 2.05) is 0 Å². The van der Waals surface area contributed by atoms with E-state index < -0.39 is 18.4 Å². The molecule has 2 heteroatoms. The summed E-state index contributed by atoms with van der Waals surface area (Å²) in [6, 6.07) is 0. The minimum atomic E-state index is -2.35. The molecule has 0 unspecified atom stereocenters. The van der Waals surface area contributed by atoms with Gasteiger partial charge >= 0.3 is 144 Å². The first-order valence-electron chi connectivity index (χ1n) is 9.56. The standard InChI is InChI=1S/C8H13O.3C4H9.Sn/c1-8(2)6-4-3-5-7-9;3*1-3-4-2;/h4-6,8-9H,7H2,1-2H3;3*1,3-4H2,2H3;/b5-3?,6-4-;;;;. The van der Waals surface area contributed by atoms with Crippen LogP contribution in [0.2, 0.25) is 13.3 Å². The molecule has 0 aliphatic heterocycles. The fourth-order valence-electron chi connectivity index (χ4n) is 3.21. The molecule has 1 N–H and O–H groups in total. The molecule has 0 aromatic carbocycles. The van der Waals surface area contributed by atoms with Gasteiger partial charge in [0, 0.05) is 0 Å². The van der Waals surface area contributed by atoms with Crippen LogP contribution in [0.4, 0.5) is 0 Å². The van der Waals surface area contributed by atoms with Gasteiger partial charge in [-0.3, -0.25) is 0 Å². The van der Waals surface area contributed by atoms with E-state index in [4.69, 9.17) is 0 Å². The number of aliphatic hydroxyl groups excluding tert-OH is 1. The molecule has 0 aliphatic rings. The Labute approximate surface area is 144 Å². The second-order valence-corrected chi connectivity index (χ2v) is 20.3. The summed E-state index contributed by atoms with van der Waals surface area (Å²) in [5, 5.41) is 9.56. The molecule has 0 aromatic heterocycles. The van der Waals surface area contributed by atoms with Crippen molar-refractivity contribution in [1.82, 2.24) is 0 Å². The second kappa shape index (κ2) is 13.7. The Morgan fingerprint density at radius 3 is 1.68 bits per heavy atom. The van der Waals surface area contributed by atoms with Crippen LogP contribution in [0.25, 0.3) is 0 Å². The number of unbranched alkanes of at least 4 members (excludes halogenated alkanes) is 3. The van der Waals surface area contributed by atoms with Crippen molar-refractivity contribution < 1.29 is 5.11 Å². The van der Waals surface area contributed by atoms with Crippen LogP contribution in [0.5, 0.6) is 0 Å². The zero-order valence-corrected chi connectivity index (χ0v) is 18.7. The molecular weight excluding hydrogens is 375 g/mol. The van der Waals surface area contributed by atoms with Gasteiger partial charge in [0.2, 0.25) is 0 Å². The van der Waals surface area contributed by atoms with Crippen LogP contribution in [-0.2, 0) is 0 Å². The zero-order valence-electron chi connectivity index (χ0n) is 15.8. The fourth-order valence-corrected chi connectivity index (χ4v) is 19.4. The van der Waals surface area contributed by atoms with Crippen LogP contribution in [0.3, 0.4) is 0 Å². The van der Waals surface area contributed by atoms with Crippen LogP contribution in [0, 0.1) is 5.92 Å². The van der Waals surface area contributed by atoms with Crippen molar-refractivity contribution in [1.29, 1.82) is 0 Å². The molecule has 1 nitrogen and oxygen atoms in total. The van der Waals surface area contributed by atoms with Crippen molar-refractivity contribution in [3.05, 3.63) is 21.8 Å².